The topological polar surface area (TPSA) is 88.2 Å². The molecule has 6 atom stereocenters. The summed E-state index contributed by atoms with van der Waals surface area (Å²) in [5.74, 6) is 0.711. The molecular formula is C21H26N4O4. The molecule has 2 aromatic rings. The normalized spacial score (nSPS) is 32.8. The minimum Gasteiger partial charge on any atom is -0.453 e. The molecule has 0 N–H and O–H groups in total. The van der Waals surface area contributed by atoms with E-state index >= 15 is 0 Å². The van der Waals surface area contributed by atoms with Gasteiger partial charge in [-0.3, -0.25) is 0 Å². The van der Waals surface area contributed by atoms with Crippen LogP contribution in [-0.4, -0.2) is 43.2 Å². The Bertz CT molecular complexity index is 861. The maximum Gasteiger partial charge on any atom is 0.358 e. The Kier molecular flexibility index (Phi) is 4.44. The summed E-state index contributed by atoms with van der Waals surface area (Å²) in [5.41, 5.74) is 0.565. The van der Waals surface area contributed by atoms with E-state index < -0.39 is 24.1 Å². The highest BCUT2D eigenvalue weighted by molar-refractivity contribution is 5.88. The van der Waals surface area contributed by atoms with Crippen LogP contribution in [0.2, 0.25) is 0 Å². The second-order valence-electron chi connectivity index (χ2n) is 8.76. The molecule has 3 aliphatic rings. The summed E-state index contributed by atoms with van der Waals surface area (Å²) in [5, 5.41) is 0. The number of imidazole rings is 2. The zero-order valence-electron chi connectivity index (χ0n) is 16.7. The second kappa shape index (κ2) is 7.00. The summed E-state index contributed by atoms with van der Waals surface area (Å²) < 4.78 is 15.3. The molecule has 0 saturated heterocycles. The van der Waals surface area contributed by atoms with E-state index in [1.807, 2.05) is 14.1 Å². The van der Waals surface area contributed by atoms with Crippen molar-refractivity contribution in [1.29, 1.82) is 0 Å². The molecule has 2 aromatic heterocycles. The lowest BCUT2D eigenvalue weighted by Crippen LogP contribution is -2.47. The van der Waals surface area contributed by atoms with Crippen LogP contribution in [-0.2, 0) is 23.6 Å². The van der Waals surface area contributed by atoms with Crippen molar-refractivity contribution in [2.75, 3.05) is 0 Å². The molecule has 5 rings (SSSR count). The van der Waals surface area contributed by atoms with Gasteiger partial charge >= 0.3 is 11.9 Å². The van der Waals surface area contributed by atoms with Gasteiger partial charge in [0.15, 0.2) is 11.4 Å². The Labute approximate surface area is 169 Å². The highest BCUT2D eigenvalue weighted by Gasteiger charge is 2.61. The van der Waals surface area contributed by atoms with E-state index in [-0.39, 0.29) is 23.2 Å². The van der Waals surface area contributed by atoms with Gasteiger partial charge in [-0.25, -0.2) is 19.6 Å². The third-order valence-electron chi connectivity index (χ3n) is 7.00. The number of carbonyl (C=O) groups is 2. The van der Waals surface area contributed by atoms with Crippen LogP contribution < -0.4 is 0 Å². The molecule has 8 heteroatoms. The van der Waals surface area contributed by atoms with Crippen molar-refractivity contribution in [2.45, 2.75) is 44.3 Å². The van der Waals surface area contributed by atoms with E-state index in [1.54, 1.807) is 34.2 Å². The number of esters is 2. The van der Waals surface area contributed by atoms with Crippen molar-refractivity contribution < 1.29 is 19.1 Å². The van der Waals surface area contributed by atoms with E-state index in [9.17, 15) is 9.59 Å². The first-order chi connectivity index (χ1) is 14.0. The van der Waals surface area contributed by atoms with Gasteiger partial charge < -0.3 is 18.6 Å². The molecule has 2 heterocycles. The van der Waals surface area contributed by atoms with Gasteiger partial charge in [0.1, 0.15) is 12.2 Å². The van der Waals surface area contributed by atoms with Crippen molar-refractivity contribution >= 4 is 11.9 Å². The Hall–Kier alpha value is -2.64. The maximum atomic E-state index is 12.7. The van der Waals surface area contributed by atoms with Gasteiger partial charge in [0.2, 0.25) is 0 Å². The first-order valence-corrected chi connectivity index (χ1v) is 10.4. The van der Waals surface area contributed by atoms with Crippen LogP contribution in [0.15, 0.2) is 25.0 Å². The lowest BCUT2D eigenvalue weighted by atomic mass is 9.69. The molecule has 3 aliphatic carbocycles. The SMILES string of the molecule is Cn1cnc(C(=O)OC2C3CC(C4CCCCC43)C2OC(=O)c2cn(C)cn2)c1. The van der Waals surface area contributed by atoms with E-state index in [1.165, 1.54) is 25.7 Å². The molecule has 0 spiro atoms. The third-order valence-corrected chi connectivity index (χ3v) is 7.00. The highest BCUT2D eigenvalue weighted by Crippen LogP contribution is 2.59. The molecule has 3 saturated carbocycles. The van der Waals surface area contributed by atoms with Crippen LogP contribution in [0.25, 0.3) is 0 Å². The molecule has 0 radical (unpaired) electrons. The van der Waals surface area contributed by atoms with Crippen LogP contribution >= 0.6 is 0 Å². The summed E-state index contributed by atoms with van der Waals surface area (Å²) >= 11 is 0. The van der Waals surface area contributed by atoms with Crippen LogP contribution in [0.1, 0.15) is 53.1 Å². The first-order valence-electron chi connectivity index (χ1n) is 10.4. The molecule has 6 unspecified atom stereocenters. The predicted molar refractivity (Wildman–Crippen MR) is 102 cm³/mol. The van der Waals surface area contributed by atoms with Crippen molar-refractivity contribution in [3.63, 3.8) is 0 Å². The molecule has 29 heavy (non-hydrogen) atoms. The Morgan fingerprint density at radius 2 is 1.28 bits per heavy atom. The fourth-order valence-electron chi connectivity index (χ4n) is 5.87. The Morgan fingerprint density at radius 3 is 1.66 bits per heavy atom. The van der Waals surface area contributed by atoms with Crippen molar-refractivity contribution in [3.05, 3.63) is 36.4 Å². The van der Waals surface area contributed by atoms with Crippen LogP contribution in [0.3, 0.4) is 0 Å². The smallest absolute Gasteiger partial charge is 0.358 e. The summed E-state index contributed by atoms with van der Waals surface area (Å²) in [7, 11) is 3.62. The number of carbonyl (C=O) groups excluding carboxylic acids is 2. The lowest BCUT2D eigenvalue weighted by Gasteiger charge is -2.42. The van der Waals surface area contributed by atoms with Gasteiger partial charge in [-0.2, -0.15) is 0 Å². The van der Waals surface area contributed by atoms with Gasteiger partial charge in [0.25, 0.3) is 0 Å². The predicted octanol–water partition coefficient (Wildman–Crippen LogP) is 2.36. The van der Waals surface area contributed by atoms with Gasteiger partial charge in [0, 0.05) is 38.3 Å². The molecule has 2 bridgehead atoms. The Balaban J connectivity index is 1.38. The standard InChI is InChI=1S/C21H26N4O4/c1-24-8-16(22-10-24)20(26)28-18-14-7-15(13-6-4-3-5-12(13)14)19(18)29-21(27)17-9-25(2)11-23-17/h8-15,18-19H,3-7H2,1-2H3. The average Bonchev–Trinajstić information content (AvgIpc) is 3.47. The molecule has 154 valence electrons. The fourth-order valence-corrected chi connectivity index (χ4v) is 5.87. The van der Waals surface area contributed by atoms with Gasteiger partial charge in [-0.05, 0) is 31.1 Å². The summed E-state index contributed by atoms with van der Waals surface area (Å²) in [6, 6.07) is 0. The molecular weight excluding hydrogens is 372 g/mol. The quantitative estimate of drug-likeness (QED) is 0.735. The minimum absolute atomic E-state index is 0.250. The van der Waals surface area contributed by atoms with Crippen LogP contribution in [0.4, 0.5) is 0 Å². The number of nitrogens with zero attached hydrogens (tertiary/aromatic N) is 4. The summed E-state index contributed by atoms with van der Waals surface area (Å²) in [6.07, 6.45) is 11.4. The van der Waals surface area contributed by atoms with Crippen molar-refractivity contribution in [1.82, 2.24) is 19.1 Å². The number of aromatic nitrogens is 4. The highest BCUT2D eigenvalue weighted by atomic mass is 16.6. The van der Waals surface area contributed by atoms with E-state index in [0.29, 0.717) is 11.8 Å². The average molecular weight is 398 g/mol. The lowest BCUT2D eigenvalue weighted by molar-refractivity contribution is -0.0875. The van der Waals surface area contributed by atoms with E-state index in [2.05, 4.69) is 9.97 Å². The number of rotatable bonds is 4. The number of ether oxygens (including phenoxy) is 2. The summed E-state index contributed by atoms with van der Waals surface area (Å²) in [4.78, 5) is 33.6. The molecule has 8 nitrogen and oxygen atoms in total. The van der Waals surface area contributed by atoms with E-state index in [4.69, 9.17) is 9.47 Å². The van der Waals surface area contributed by atoms with Gasteiger partial charge in [-0.15, -0.1) is 0 Å². The van der Waals surface area contributed by atoms with Crippen LogP contribution in [0.5, 0.6) is 0 Å². The molecule has 0 amide bonds. The van der Waals surface area contributed by atoms with Crippen molar-refractivity contribution in [2.24, 2.45) is 37.8 Å². The van der Waals surface area contributed by atoms with Crippen LogP contribution in [0, 0.1) is 23.7 Å². The van der Waals surface area contributed by atoms with Crippen molar-refractivity contribution in [3.8, 4) is 0 Å². The van der Waals surface area contributed by atoms with Gasteiger partial charge in [0.05, 0.1) is 12.7 Å². The molecule has 3 fully saturated rings. The zero-order valence-corrected chi connectivity index (χ0v) is 16.7. The first kappa shape index (κ1) is 18.4. The monoisotopic (exact) mass is 398 g/mol. The minimum atomic E-state index is -0.450. The molecule has 0 aromatic carbocycles. The number of aryl methyl sites for hydroxylation is 2. The third kappa shape index (κ3) is 3.14. The Morgan fingerprint density at radius 1 is 0.828 bits per heavy atom. The summed E-state index contributed by atoms with van der Waals surface area (Å²) in [6.45, 7) is 0. The molecule has 0 aliphatic heterocycles. The maximum absolute atomic E-state index is 12.7. The fraction of sp³-hybridized carbons (Fsp3) is 0.619. The number of fused-ring (bicyclic) bond motifs is 5. The van der Waals surface area contributed by atoms with Gasteiger partial charge in [-0.1, -0.05) is 12.8 Å². The number of hydrogen-bond acceptors (Lipinski definition) is 6. The number of hydrogen-bond donors (Lipinski definition) is 0. The van der Waals surface area contributed by atoms with E-state index in [0.717, 1.165) is 6.42 Å². The second-order valence-corrected chi connectivity index (χ2v) is 8.76. The zero-order chi connectivity index (χ0) is 20.1. The largest absolute Gasteiger partial charge is 0.453 e.